The lowest BCUT2D eigenvalue weighted by molar-refractivity contribution is -0.140. The average molecular weight is 223 g/mol. The summed E-state index contributed by atoms with van der Waals surface area (Å²) in [5.74, 6) is 0.211. The molecule has 1 aliphatic rings. The van der Waals surface area contributed by atoms with E-state index in [2.05, 4.69) is 9.97 Å². The van der Waals surface area contributed by atoms with Crippen molar-refractivity contribution >= 4 is 0 Å². The quantitative estimate of drug-likeness (QED) is 0.808. The highest BCUT2D eigenvalue weighted by Gasteiger charge is 2.36. The van der Waals surface area contributed by atoms with E-state index in [1.807, 2.05) is 13.8 Å². The second-order valence-corrected chi connectivity index (χ2v) is 4.40. The van der Waals surface area contributed by atoms with Gasteiger partial charge in [-0.1, -0.05) is 0 Å². The molecule has 5 heteroatoms. The molecule has 1 aromatic rings. The summed E-state index contributed by atoms with van der Waals surface area (Å²) in [4.78, 5) is 8.28. The van der Waals surface area contributed by atoms with E-state index in [0.29, 0.717) is 13.0 Å². The molecule has 1 saturated heterocycles. The summed E-state index contributed by atoms with van der Waals surface area (Å²) in [5, 5.41) is 0. The molecule has 0 bridgehead atoms. The molecule has 0 aliphatic carbocycles. The van der Waals surface area contributed by atoms with Crippen molar-refractivity contribution in [2.45, 2.75) is 38.2 Å². The normalized spacial score (nSPS) is 25.6. The summed E-state index contributed by atoms with van der Waals surface area (Å²) in [7, 11) is 0. The molecule has 0 saturated carbocycles. The van der Waals surface area contributed by atoms with Crippen molar-refractivity contribution < 1.29 is 9.47 Å². The topological polar surface area (TPSA) is 70.3 Å². The molecule has 16 heavy (non-hydrogen) atoms. The third-order valence-corrected chi connectivity index (χ3v) is 2.55. The first kappa shape index (κ1) is 11.4. The minimum Gasteiger partial charge on any atom is -0.348 e. The molecule has 1 fully saturated rings. The monoisotopic (exact) mass is 223 g/mol. The molecule has 88 valence electrons. The lowest BCUT2D eigenvalue weighted by atomic mass is 10.1. The highest BCUT2D eigenvalue weighted by Crippen LogP contribution is 2.24. The van der Waals surface area contributed by atoms with Crippen LogP contribution in [0.2, 0.25) is 0 Å². The summed E-state index contributed by atoms with van der Waals surface area (Å²) in [6.45, 7) is 4.30. The van der Waals surface area contributed by atoms with Crippen LogP contribution in [0.1, 0.15) is 19.7 Å². The van der Waals surface area contributed by atoms with Gasteiger partial charge in [0.2, 0.25) is 0 Å². The van der Waals surface area contributed by atoms with Gasteiger partial charge >= 0.3 is 0 Å². The first-order valence-corrected chi connectivity index (χ1v) is 5.40. The van der Waals surface area contributed by atoms with Crippen molar-refractivity contribution in [1.29, 1.82) is 0 Å². The predicted molar refractivity (Wildman–Crippen MR) is 58.6 cm³/mol. The van der Waals surface area contributed by atoms with Crippen LogP contribution in [0.4, 0.5) is 0 Å². The highest BCUT2D eigenvalue weighted by atomic mass is 16.7. The Bertz CT molecular complexity index is 342. The maximum atomic E-state index is 6.05. The molecular formula is C11H17N3O2. The van der Waals surface area contributed by atoms with Gasteiger partial charge in [0.15, 0.2) is 5.79 Å². The van der Waals surface area contributed by atoms with Gasteiger partial charge in [0, 0.05) is 24.9 Å². The van der Waals surface area contributed by atoms with Crippen molar-refractivity contribution in [3.63, 3.8) is 0 Å². The first-order chi connectivity index (χ1) is 7.57. The fourth-order valence-corrected chi connectivity index (χ4v) is 1.70. The Balaban J connectivity index is 1.92. The molecular weight excluding hydrogens is 206 g/mol. The van der Waals surface area contributed by atoms with E-state index in [0.717, 1.165) is 5.82 Å². The number of rotatable bonds is 3. The zero-order chi connectivity index (χ0) is 11.6. The van der Waals surface area contributed by atoms with Crippen LogP contribution < -0.4 is 5.73 Å². The Morgan fingerprint density at radius 1 is 1.50 bits per heavy atom. The van der Waals surface area contributed by atoms with Gasteiger partial charge in [-0.15, -0.1) is 0 Å². The van der Waals surface area contributed by atoms with Crippen molar-refractivity contribution in [3.05, 3.63) is 24.3 Å². The molecule has 2 rings (SSSR count). The molecule has 0 radical (unpaired) electrons. The van der Waals surface area contributed by atoms with Crippen molar-refractivity contribution in [2.24, 2.45) is 5.73 Å². The number of nitrogens with two attached hydrogens (primary N) is 1. The Labute approximate surface area is 95.0 Å². The summed E-state index contributed by atoms with van der Waals surface area (Å²) in [5.41, 5.74) is 6.05. The van der Waals surface area contributed by atoms with Crippen LogP contribution in [0.15, 0.2) is 18.5 Å². The Morgan fingerprint density at radius 2 is 2.19 bits per heavy atom. The van der Waals surface area contributed by atoms with E-state index in [9.17, 15) is 0 Å². The van der Waals surface area contributed by atoms with Gasteiger partial charge in [-0.05, 0) is 19.9 Å². The standard InChI is InChI=1S/C11H17N3O2/c1-11(2)15-7-9(16-11)8(12)6-10-13-4-3-5-14-10/h3-5,8-9H,6-7,12H2,1-2H3/t8-,9+/m1/s1. The Kier molecular flexibility index (Phi) is 3.18. The molecule has 0 aromatic carbocycles. The first-order valence-electron chi connectivity index (χ1n) is 5.40. The number of aromatic nitrogens is 2. The third kappa shape index (κ3) is 2.75. The molecule has 1 aliphatic heterocycles. The van der Waals surface area contributed by atoms with Gasteiger partial charge in [-0.25, -0.2) is 9.97 Å². The van der Waals surface area contributed by atoms with E-state index in [1.165, 1.54) is 0 Å². The molecule has 1 aromatic heterocycles. The van der Waals surface area contributed by atoms with Gasteiger partial charge in [-0.3, -0.25) is 0 Å². The summed E-state index contributed by atoms with van der Waals surface area (Å²) in [6.07, 6.45) is 3.94. The zero-order valence-electron chi connectivity index (χ0n) is 9.59. The van der Waals surface area contributed by atoms with Crippen LogP contribution in [0.25, 0.3) is 0 Å². The Hall–Kier alpha value is -1.04. The molecule has 2 heterocycles. The van der Waals surface area contributed by atoms with E-state index in [1.54, 1.807) is 18.5 Å². The molecule has 0 amide bonds. The smallest absolute Gasteiger partial charge is 0.163 e. The van der Waals surface area contributed by atoms with Gasteiger partial charge in [0.05, 0.1) is 12.7 Å². The second-order valence-electron chi connectivity index (χ2n) is 4.40. The van der Waals surface area contributed by atoms with Crippen LogP contribution in [-0.2, 0) is 15.9 Å². The predicted octanol–water partition coefficient (Wildman–Crippen LogP) is 0.498. The van der Waals surface area contributed by atoms with Crippen molar-refractivity contribution in [2.75, 3.05) is 6.61 Å². The minimum atomic E-state index is -0.528. The van der Waals surface area contributed by atoms with Gasteiger partial charge < -0.3 is 15.2 Å². The van der Waals surface area contributed by atoms with Crippen LogP contribution in [-0.4, -0.2) is 34.5 Å². The fraction of sp³-hybridized carbons (Fsp3) is 0.636. The zero-order valence-corrected chi connectivity index (χ0v) is 9.59. The number of ether oxygens (including phenoxy) is 2. The van der Waals surface area contributed by atoms with Gasteiger partial charge in [0.1, 0.15) is 5.82 Å². The second kappa shape index (κ2) is 4.45. The number of hydrogen-bond acceptors (Lipinski definition) is 5. The minimum absolute atomic E-state index is 0.0844. The van der Waals surface area contributed by atoms with E-state index in [4.69, 9.17) is 15.2 Å². The summed E-state index contributed by atoms with van der Waals surface area (Å²) in [6, 6.07) is 1.65. The van der Waals surface area contributed by atoms with E-state index in [-0.39, 0.29) is 12.1 Å². The van der Waals surface area contributed by atoms with E-state index < -0.39 is 5.79 Å². The molecule has 5 nitrogen and oxygen atoms in total. The van der Waals surface area contributed by atoms with Crippen LogP contribution >= 0.6 is 0 Å². The summed E-state index contributed by atoms with van der Waals surface area (Å²) < 4.78 is 11.1. The number of hydrogen-bond donors (Lipinski definition) is 1. The van der Waals surface area contributed by atoms with E-state index >= 15 is 0 Å². The lowest BCUT2D eigenvalue weighted by Gasteiger charge is -2.20. The fourth-order valence-electron chi connectivity index (χ4n) is 1.70. The molecule has 2 atom stereocenters. The molecule has 0 spiro atoms. The maximum Gasteiger partial charge on any atom is 0.163 e. The maximum absolute atomic E-state index is 6.05. The third-order valence-electron chi connectivity index (χ3n) is 2.55. The largest absolute Gasteiger partial charge is 0.348 e. The van der Waals surface area contributed by atoms with Crippen LogP contribution in [0.5, 0.6) is 0 Å². The number of nitrogens with zero attached hydrogens (tertiary/aromatic N) is 2. The Morgan fingerprint density at radius 3 is 2.75 bits per heavy atom. The van der Waals surface area contributed by atoms with Gasteiger partial charge in [-0.2, -0.15) is 0 Å². The average Bonchev–Trinajstić information content (AvgIpc) is 2.60. The SMILES string of the molecule is CC1(C)OC[C@@H]([C@H](N)Cc2ncccn2)O1. The van der Waals surface area contributed by atoms with Crippen molar-refractivity contribution in [3.8, 4) is 0 Å². The van der Waals surface area contributed by atoms with Crippen LogP contribution in [0.3, 0.4) is 0 Å². The lowest BCUT2D eigenvalue weighted by Crippen LogP contribution is -2.39. The van der Waals surface area contributed by atoms with Gasteiger partial charge in [0.25, 0.3) is 0 Å². The summed E-state index contributed by atoms with van der Waals surface area (Å²) >= 11 is 0. The highest BCUT2D eigenvalue weighted by molar-refractivity contribution is 4.94. The molecule has 0 unspecified atom stereocenters. The van der Waals surface area contributed by atoms with Crippen LogP contribution in [0, 0.1) is 0 Å². The molecule has 2 N–H and O–H groups in total. The van der Waals surface area contributed by atoms with Crippen molar-refractivity contribution in [1.82, 2.24) is 9.97 Å².